The summed E-state index contributed by atoms with van der Waals surface area (Å²) < 4.78 is 0. The van der Waals surface area contributed by atoms with Crippen molar-refractivity contribution in [1.29, 1.82) is 0 Å². The van der Waals surface area contributed by atoms with Crippen molar-refractivity contribution in [2.75, 3.05) is 25.0 Å². The molecule has 0 unspecified atom stereocenters. The van der Waals surface area contributed by atoms with Gasteiger partial charge in [-0.25, -0.2) is 0 Å². The van der Waals surface area contributed by atoms with Crippen molar-refractivity contribution in [3.8, 4) is 0 Å². The van der Waals surface area contributed by atoms with Crippen LogP contribution in [0.1, 0.15) is 19.4 Å². The Labute approximate surface area is 97.5 Å². The Bertz CT molecular complexity index is 346. The molecule has 1 aromatic rings. The molecule has 16 heavy (non-hydrogen) atoms. The standard InChI is InChI=1S/C13H20N2O/c1-4-15(5-2)10-13(16)14-12-9-7-6-8-11(12)3/h6-9H,4-5,10H2,1-3H3,(H,14,16). The largest absolute Gasteiger partial charge is 0.325 e. The molecule has 0 aliphatic heterocycles. The van der Waals surface area contributed by atoms with Gasteiger partial charge in [-0.15, -0.1) is 0 Å². The van der Waals surface area contributed by atoms with E-state index in [0.29, 0.717) is 6.54 Å². The highest BCUT2D eigenvalue weighted by atomic mass is 16.2. The summed E-state index contributed by atoms with van der Waals surface area (Å²) in [6.45, 7) is 8.37. The van der Waals surface area contributed by atoms with Crippen LogP contribution in [-0.4, -0.2) is 30.4 Å². The van der Waals surface area contributed by atoms with Gasteiger partial charge in [-0.3, -0.25) is 9.69 Å². The number of anilines is 1. The number of nitrogens with one attached hydrogen (secondary N) is 1. The molecule has 1 amide bonds. The molecule has 3 nitrogen and oxygen atoms in total. The van der Waals surface area contributed by atoms with E-state index < -0.39 is 0 Å². The summed E-state index contributed by atoms with van der Waals surface area (Å²) in [5, 5.41) is 2.93. The van der Waals surface area contributed by atoms with Crippen LogP contribution in [0, 0.1) is 6.92 Å². The number of nitrogens with zero attached hydrogens (tertiary/aromatic N) is 1. The number of carbonyl (C=O) groups is 1. The van der Waals surface area contributed by atoms with E-state index in [1.54, 1.807) is 0 Å². The lowest BCUT2D eigenvalue weighted by atomic mass is 10.2. The molecule has 0 aliphatic carbocycles. The third-order valence-electron chi connectivity index (χ3n) is 2.68. The van der Waals surface area contributed by atoms with Gasteiger partial charge in [-0.2, -0.15) is 0 Å². The summed E-state index contributed by atoms with van der Waals surface area (Å²) in [7, 11) is 0. The lowest BCUT2D eigenvalue weighted by Gasteiger charge is -2.17. The third-order valence-corrected chi connectivity index (χ3v) is 2.68. The summed E-state index contributed by atoms with van der Waals surface area (Å²) in [4.78, 5) is 13.8. The Hall–Kier alpha value is -1.35. The lowest BCUT2D eigenvalue weighted by Crippen LogP contribution is -2.33. The first-order valence-electron chi connectivity index (χ1n) is 5.75. The van der Waals surface area contributed by atoms with Gasteiger partial charge >= 0.3 is 0 Å². The first-order chi connectivity index (χ1) is 7.67. The van der Waals surface area contributed by atoms with Crippen LogP contribution in [-0.2, 0) is 4.79 Å². The smallest absolute Gasteiger partial charge is 0.238 e. The average molecular weight is 220 g/mol. The van der Waals surface area contributed by atoms with Crippen molar-refractivity contribution >= 4 is 11.6 Å². The summed E-state index contributed by atoms with van der Waals surface area (Å²) in [6, 6.07) is 7.82. The number of aryl methyl sites for hydroxylation is 1. The van der Waals surface area contributed by atoms with E-state index in [2.05, 4.69) is 24.1 Å². The fraction of sp³-hybridized carbons (Fsp3) is 0.462. The zero-order valence-corrected chi connectivity index (χ0v) is 10.3. The van der Waals surface area contributed by atoms with Crippen LogP contribution in [0.2, 0.25) is 0 Å². The van der Waals surface area contributed by atoms with E-state index in [9.17, 15) is 4.79 Å². The minimum Gasteiger partial charge on any atom is -0.325 e. The Morgan fingerprint density at radius 3 is 2.44 bits per heavy atom. The highest BCUT2D eigenvalue weighted by Gasteiger charge is 2.07. The monoisotopic (exact) mass is 220 g/mol. The third kappa shape index (κ3) is 3.66. The van der Waals surface area contributed by atoms with Crippen molar-refractivity contribution < 1.29 is 4.79 Å². The van der Waals surface area contributed by atoms with Crippen LogP contribution in [0.4, 0.5) is 5.69 Å². The Balaban J connectivity index is 2.55. The number of hydrogen-bond donors (Lipinski definition) is 1. The normalized spacial score (nSPS) is 10.5. The number of hydrogen-bond acceptors (Lipinski definition) is 2. The second-order valence-corrected chi connectivity index (χ2v) is 3.82. The van der Waals surface area contributed by atoms with E-state index in [-0.39, 0.29) is 5.91 Å². The zero-order chi connectivity index (χ0) is 12.0. The maximum Gasteiger partial charge on any atom is 0.238 e. The molecule has 0 radical (unpaired) electrons. The lowest BCUT2D eigenvalue weighted by molar-refractivity contribution is -0.117. The van der Waals surface area contributed by atoms with E-state index in [1.165, 1.54) is 0 Å². The van der Waals surface area contributed by atoms with Crippen LogP contribution in [0.25, 0.3) is 0 Å². The summed E-state index contributed by atoms with van der Waals surface area (Å²) in [5.74, 6) is 0.0537. The Kier molecular flexibility index (Phi) is 4.99. The van der Waals surface area contributed by atoms with Crippen LogP contribution in [0.15, 0.2) is 24.3 Å². The van der Waals surface area contributed by atoms with Crippen molar-refractivity contribution in [1.82, 2.24) is 4.90 Å². The van der Waals surface area contributed by atoms with Crippen molar-refractivity contribution in [2.24, 2.45) is 0 Å². The van der Waals surface area contributed by atoms with E-state index in [4.69, 9.17) is 0 Å². The van der Waals surface area contributed by atoms with Gasteiger partial charge in [0.2, 0.25) is 5.91 Å². The molecule has 1 N–H and O–H groups in total. The Morgan fingerprint density at radius 2 is 1.88 bits per heavy atom. The quantitative estimate of drug-likeness (QED) is 0.825. The first-order valence-corrected chi connectivity index (χ1v) is 5.75. The molecule has 0 atom stereocenters. The Morgan fingerprint density at radius 1 is 1.25 bits per heavy atom. The molecule has 1 aromatic carbocycles. The van der Waals surface area contributed by atoms with Gasteiger partial charge in [0.15, 0.2) is 0 Å². The maximum absolute atomic E-state index is 11.7. The molecule has 0 bridgehead atoms. The van der Waals surface area contributed by atoms with Crippen LogP contribution < -0.4 is 5.32 Å². The molecular formula is C13H20N2O. The summed E-state index contributed by atoms with van der Waals surface area (Å²) in [6.07, 6.45) is 0. The zero-order valence-electron chi connectivity index (χ0n) is 10.3. The molecular weight excluding hydrogens is 200 g/mol. The maximum atomic E-state index is 11.7. The molecule has 0 heterocycles. The van der Waals surface area contributed by atoms with Gasteiger partial charge in [0.1, 0.15) is 0 Å². The SMILES string of the molecule is CCN(CC)CC(=O)Nc1ccccc1C. The molecule has 0 fully saturated rings. The first kappa shape index (κ1) is 12.7. The highest BCUT2D eigenvalue weighted by molar-refractivity contribution is 5.92. The molecule has 0 aliphatic rings. The molecule has 3 heteroatoms. The van der Waals surface area contributed by atoms with E-state index in [0.717, 1.165) is 24.3 Å². The average Bonchev–Trinajstić information content (AvgIpc) is 2.29. The van der Waals surface area contributed by atoms with Gasteiger partial charge < -0.3 is 5.32 Å². The summed E-state index contributed by atoms with van der Waals surface area (Å²) in [5.41, 5.74) is 2.00. The molecule has 0 aromatic heterocycles. The van der Waals surface area contributed by atoms with Crippen LogP contribution in [0.3, 0.4) is 0 Å². The van der Waals surface area contributed by atoms with Gasteiger partial charge in [0.05, 0.1) is 6.54 Å². The van der Waals surface area contributed by atoms with Crippen molar-refractivity contribution in [3.05, 3.63) is 29.8 Å². The minimum absolute atomic E-state index is 0.0537. The van der Waals surface area contributed by atoms with Crippen LogP contribution >= 0.6 is 0 Å². The van der Waals surface area contributed by atoms with Crippen LogP contribution in [0.5, 0.6) is 0 Å². The second-order valence-electron chi connectivity index (χ2n) is 3.82. The number of amides is 1. The van der Waals surface area contributed by atoms with E-state index >= 15 is 0 Å². The molecule has 1 rings (SSSR count). The highest BCUT2D eigenvalue weighted by Crippen LogP contribution is 2.12. The number of likely N-dealkylation sites (N-methyl/N-ethyl adjacent to an activating group) is 1. The summed E-state index contributed by atoms with van der Waals surface area (Å²) >= 11 is 0. The fourth-order valence-corrected chi connectivity index (χ4v) is 1.55. The van der Waals surface area contributed by atoms with Gasteiger partial charge in [0.25, 0.3) is 0 Å². The predicted molar refractivity (Wildman–Crippen MR) is 67.6 cm³/mol. The van der Waals surface area contributed by atoms with Gasteiger partial charge in [0, 0.05) is 5.69 Å². The predicted octanol–water partition coefficient (Wildman–Crippen LogP) is 2.28. The number of para-hydroxylation sites is 1. The minimum atomic E-state index is 0.0537. The molecule has 0 saturated carbocycles. The number of rotatable bonds is 5. The molecule has 0 spiro atoms. The van der Waals surface area contributed by atoms with Gasteiger partial charge in [-0.05, 0) is 31.6 Å². The fourth-order valence-electron chi connectivity index (χ4n) is 1.55. The second kappa shape index (κ2) is 6.28. The number of carbonyl (C=O) groups excluding carboxylic acids is 1. The molecule has 88 valence electrons. The van der Waals surface area contributed by atoms with Gasteiger partial charge in [-0.1, -0.05) is 32.0 Å². The van der Waals surface area contributed by atoms with E-state index in [1.807, 2.05) is 31.2 Å². The number of benzene rings is 1. The molecule has 0 saturated heterocycles. The topological polar surface area (TPSA) is 32.3 Å². The van der Waals surface area contributed by atoms with Crippen molar-refractivity contribution in [2.45, 2.75) is 20.8 Å². The van der Waals surface area contributed by atoms with Crippen molar-refractivity contribution in [3.63, 3.8) is 0 Å².